The van der Waals surface area contributed by atoms with E-state index in [0.29, 0.717) is 0 Å². The molecule has 1 aliphatic heterocycles. The maximum Gasteiger partial charge on any atom is 0.179 e. The van der Waals surface area contributed by atoms with Crippen LogP contribution in [-0.2, 0) is 5.41 Å². The molecule has 3 aromatic heterocycles. The second kappa shape index (κ2) is 15.0. The number of para-hydroxylation sites is 1. The Labute approximate surface area is 390 Å². The van der Waals surface area contributed by atoms with Crippen molar-refractivity contribution in [2.45, 2.75) is 50.5 Å². The van der Waals surface area contributed by atoms with Gasteiger partial charge in [-0.25, -0.2) is 9.97 Å². The summed E-state index contributed by atoms with van der Waals surface area (Å²) in [6.45, 7) is 5.07. The van der Waals surface area contributed by atoms with Crippen LogP contribution in [-0.4, -0.2) is 28.1 Å². The van der Waals surface area contributed by atoms with Gasteiger partial charge in [0, 0.05) is 71.4 Å². The van der Waals surface area contributed by atoms with Crippen LogP contribution in [0.2, 0.25) is 0 Å². The Balaban J connectivity index is 1.09. The van der Waals surface area contributed by atoms with Gasteiger partial charge >= 0.3 is 0 Å². The Kier molecular flexibility index (Phi) is 8.90. The second-order valence-corrected chi connectivity index (χ2v) is 23.7. The second-order valence-electron chi connectivity index (χ2n) is 18.9. The zero-order chi connectivity index (χ0) is 44.0. The average Bonchev–Trinajstić information content (AvgIpc) is 3.98. The van der Waals surface area contributed by atoms with Gasteiger partial charge in [-0.15, -0.1) is 11.3 Å². The van der Waals surface area contributed by atoms with Crippen LogP contribution in [0.5, 0.6) is 0 Å². The van der Waals surface area contributed by atoms with E-state index in [1.54, 1.807) is 6.33 Å². The standard InChI is InChI=1S/C60H48N4SSi/c1-59-33-14-15-34-60(59,2)64(54-26-13-12-25-52(54)59)44-28-31-53-51(37-44)57-55(32-30-50-49-29-27-41(35-56(49)65-58(50)57)42-38-61-40-62-39-42)63(53)43-17-16-24-48(36-43)66(45-18-6-3-7-19-45,46-20-8-4-9-21-46)47-22-10-5-11-23-47/h3-13,16-32,35-40H,14-15,33-34H2,1-2H3. The number of hydrogen-bond acceptors (Lipinski definition) is 4. The van der Waals surface area contributed by atoms with Gasteiger partial charge in [-0.3, -0.25) is 0 Å². The van der Waals surface area contributed by atoms with Crippen LogP contribution in [0.1, 0.15) is 45.1 Å². The summed E-state index contributed by atoms with van der Waals surface area (Å²) in [5, 5.41) is 10.6. The van der Waals surface area contributed by atoms with Gasteiger partial charge in [0.05, 0.1) is 16.6 Å². The first-order valence-electron chi connectivity index (χ1n) is 23.3. The van der Waals surface area contributed by atoms with E-state index < -0.39 is 8.07 Å². The smallest absolute Gasteiger partial charge is 0.179 e. The van der Waals surface area contributed by atoms with Gasteiger partial charge in [-0.2, -0.15) is 0 Å². The van der Waals surface area contributed by atoms with Gasteiger partial charge in [0.15, 0.2) is 8.07 Å². The Bertz CT molecular complexity index is 3550. The Hall–Kier alpha value is -7.12. The van der Waals surface area contributed by atoms with E-state index in [0.717, 1.165) is 17.5 Å². The van der Waals surface area contributed by atoms with E-state index in [1.807, 2.05) is 23.7 Å². The van der Waals surface area contributed by atoms with E-state index in [9.17, 15) is 0 Å². The molecule has 0 spiro atoms. The van der Waals surface area contributed by atoms with E-state index >= 15 is 0 Å². The number of hydrogen-bond donors (Lipinski definition) is 0. The highest BCUT2D eigenvalue weighted by Crippen LogP contribution is 2.61. The topological polar surface area (TPSA) is 34.0 Å². The number of thiophene rings is 1. The van der Waals surface area contributed by atoms with Crippen LogP contribution in [0, 0.1) is 0 Å². The van der Waals surface area contributed by atoms with Crippen molar-refractivity contribution in [2.24, 2.45) is 0 Å². The molecule has 13 rings (SSSR count). The summed E-state index contributed by atoms with van der Waals surface area (Å²) in [5.74, 6) is 0. The lowest BCUT2D eigenvalue weighted by Gasteiger charge is -2.50. The number of rotatable bonds is 7. The molecule has 0 amide bonds. The normalized spacial score (nSPS) is 18.3. The average molecular weight is 885 g/mol. The summed E-state index contributed by atoms with van der Waals surface area (Å²) < 4.78 is 5.14. The number of anilines is 2. The van der Waals surface area contributed by atoms with Crippen LogP contribution in [0.3, 0.4) is 0 Å². The molecular weight excluding hydrogens is 837 g/mol. The highest BCUT2D eigenvalue weighted by atomic mass is 32.1. The molecule has 0 radical (unpaired) electrons. The van der Waals surface area contributed by atoms with Crippen LogP contribution in [0.15, 0.2) is 207 Å². The third-order valence-electron chi connectivity index (χ3n) is 15.7. The third kappa shape index (κ3) is 5.55. The summed E-state index contributed by atoms with van der Waals surface area (Å²) in [6.07, 6.45) is 10.3. The Morgan fingerprint density at radius 3 is 1.88 bits per heavy atom. The van der Waals surface area contributed by atoms with Crippen molar-refractivity contribution in [1.29, 1.82) is 0 Å². The van der Waals surface area contributed by atoms with Crippen molar-refractivity contribution < 1.29 is 0 Å². The van der Waals surface area contributed by atoms with Crippen molar-refractivity contribution in [3.05, 3.63) is 212 Å². The first-order valence-corrected chi connectivity index (χ1v) is 26.2. The highest BCUT2D eigenvalue weighted by Gasteiger charge is 2.57. The maximum atomic E-state index is 4.34. The van der Waals surface area contributed by atoms with Crippen molar-refractivity contribution >= 4 is 93.5 Å². The molecule has 4 nitrogen and oxygen atoms in total. The molecule has 318 valence electrons. The summed E-state index contributed by atoms with van der Waals surface area (Å²) >= 11 is 1.91. The molecule has 11 aromatic rings. The molecule has 6 heteroatoms. The fourth-order valence-electron chi connectivity index (χ4n) is 12.4. The third-order valence-corrected chi connectivity index (χ3v) is 21.6. The SMILES string of the molecule is CC12CCCCC1(C)N(c1ccc3c(c1)c1c4sc5cc(-c6cncnc6)ccc5c4ccc1n3-c1cccc([Si](c3ccccc3)(c3ccccc3)c3ccccc3)c1)c1ccccc12. The monoisotopic (exact) mass is 884 g/mol. The molecule has 0 saturated heterocycles. The highest BCUT2D eigenvalue weighted by molar-refractivity contribution is 7.26. The molecule has 1 aliphatic carbocycles. The molecule has 66 heavy (non-hydrogen) atoms. The van der Waals surface area contributed by atoms with E-state index in [-0.39, 0.29) is 11.0 Å². The summed E-state index contributed by atoms with van der Waals surface area (Å²) in [4.78, 5) is 11.4. The summed E-state index contributed by atoms with van der Waals surface area (Å²) in [5.41, 5.74) is 9.90. The fourth-order valence-corrected chi connectivity index (χ4v) is 18.5. The molecule has 4 heterocycles. The Morgan fingerprint density at radius 1 is 0.515 bits per heavy atom. The minimum absolute atomic E-state index is 0.0416. The predicted molar refractivity (Wildman–Crippen MR) is 281 cm³/mol. The molecule has 8 aromatic carbocycles. The van der Waals surface area contributed by atoms with Crippen LogP contribution < -0.4 is 25.6 Å². The minimum Gasteiger partial charge on any atom is -0.334 e. The fraction of sp³-hybridized carbons (Fsp3) is 0.133. The summed E-state index contributed by atoms with van der Waals surface area (Å²) in [7, 11) is -2.80. The first-order chi connectivity index (χ1) is 32.5. The number of fused-ring (bicyclic) bond motifs is 10. The minimum atomic E-state index is -2.80. The lowest BCUT2D eigenvalue weighted by atomic mass is 9.61. The molecular formula is C60H48N4SSi. The van der Waals surface area contributed by atoms with Crippen molar-refractivity contribution in [1.82, 2.24) is 14.5 Å². The van der Waals surface area contributed by atoms with Gasteiger partial charge < -0.3 is 9.47 Å². The lowest BCUT2D eigenvalue weighted by Crippen LogP contribution is -2.74. The van der Waals surface area contributed by atoms with Crippen LogP contribution >= 0.6 is 11.3 Å². The van der Waals surface area contributed by atoms with Gasteiger partial charge in [-0.05, 0) is 100 Å². The van der Waals surface area contributed by atoms with Crippen LogP contribution in [0.25, 0.3) is 58.8 Å². The van der Waals surface area contributed by atoms with E-state index in [4.69, 9.17) is 0 Å². The Morgan fingerprint density at radius 2 is 1.15 bits per heavy atom. The van der Waals surface area contributed by atoms with Crippen molar-refractivity contribution in [2.75, 3.05) is 4.90 Å². The van der Waals surface area contributed by atoms with Crippen LogP contribution in [0.4, 0.5) is 11.4 Å². The van der Waals surface area contributed by atoms with Crippen molar-refractivity contribution in [3.8, 4) is 16.8 Å². The van der Waals surface area contributed by atoms with Gasteiger partial charge in [-0.1, -0.05) is 159 Å². The van der Waals surface area contributed by atoms with Gasteiger partial charge in [0.25, 0.3) is 0 Å². The number of benzene rings is 8. The molecule has 2 aliphatic rings. The molecule has 0 N–H and O–H groups in total. The largest absolute Gasteiger partial charge is 0.334 e. The zero-order valence-corrected chi connectivity index (χ0v) is 39.0. The van der Waals surface area contributed by atoms with Gasteiger partial charge in [0.1, 0.15) is 6.33 Å². The molecule has 1 fully saturated rings. The van der Waals surface area contributed by atoms with E-state index in [1.165, 1.54) is 105 Å². The lowest BCUT2D eigenvalue weighted by molar-refractivity contribution is 0.195. The zero-order valence-electron chi connectivity index (χ0n) is 37.2. The molecule has 2 unspecified atom stereocenters. The molecule has 2 atom stereocenters. The number of nitrogens with zero attached hydrogens (tertiary/aromatic N) is 4. The first kappa shape index (κ1) is 39.3. The summed E-state index contributed by atoms with van der Waals surface area (Å²) in [6, 6.07) is 71.5. The van der Waals surface area contributed by atoms with Gasteiger partial charge in [0.2, 0.25) is 0 Å². The van der Waals surface area contributed by atoms with E-state index in [2.05, 4.69) is 221 Å². The number of aromatic nitrogens is 3. The molecule has 0 bridgehead atoms. The predicted octanol–water partition coefficient (Wildman–Crippen LogP) is 12.7. The quantitative estimate of drug-likeness (QED) is 0.118. The molecule has 1 saturated carbocycles. The maximum absolute atomic E-state index is 4.34. The van der Waals surface area contributed by atoms with Crippen molar-refractivity contribution in [3.63, 3.8) is 0 Å².